The van der Waals surface area contributed by atoms with Crippen LogP contribution in [0.4, 0.5) is 0 Å². The maximum atomic E-state index is 12.2. The Labute approximate surface area is 114 Å². The molecule has 0 aromatic heterocycles. The molecule has 0 saturated heterocycles. The average molecular weight is 278 g/mol. The monoisotopic (exact) mass is 278 g/mol. The first-order chi connectivity index (χ1) is 8.46. The summed E-state index contributed by atoms with van der Waals surface area (Å²) in [7, 11) is -2.42. The van der Waals surface area contributed by atoms with Gasteiger partial charge in [0.2, 0.25) is 0 Å². The molecule has 0 fully saturated rings. The van der Waals surface area contributed by atoms with Gasteiger partial charge in [0.25, 0.3) is 0 Å². The van der Waals surface area contributed by atoms with Crippen molar-refractivity contribution in [1.29, 1.82) is 0 Å². The fourth-order valence-corrected chi connectivity index (χ4v) is 3.92. The second kappa shape index (κ2) is 8.35. The Morgan fingerprint density at radius 3 is 1.06 bits per heavy atom. The Hall–Kier alpha value is 0.150. The summed E-state index contributed by atoms with van der Waals surface area (Å²) >= 11 is 0. The van der Waals surface area contributed by atoms with Crippen LogP contribution in [0.25, 0.3) is 0 Å². The van der Waals surface area contributed by atoms with Crippen LogP contribution in [-0.4, -0.2) is 11.2 Å². The molecule has 0 unspecified atom stereocenters. The molecule has 0 spiro atoms. The minimum Gasteiger partial charge on any atom is -0.304 e. The summed E-state index contributed by atoms with van der Waals surface area (Å²) in [5.74, 6) is 0. The normalized spacial score (nSPS) is 13.3. The molecule has 0 aromatic carbocycles. The topological polar surface area (TPSA) is 35.5 Å². The molecule has 0 saturated carbocycles. The van der Waals surface area contributed by atoms with Crippen LogP contribution in [0.3, 0.4) is 0 Å². The third-order valence-electron chi connectivity index (χ3n) is 4.47. The fourth-order valence-electron chi connectivity index (χ4n) is 2.31. The zero-order valence-electron chi connectivity index (χ0n) is 13.0. The average Bonchev–Trinajstić information content (AvgIpc) is 2.42. The molecule has 0 radical (unpaired) electrons. The summed E-state index contributed by atoms with van der Waals surface area (Å²) in [5, 5.41) is 0. The molecule has 0 aliphatic heterocycles. The van der Waals surface area contributed by atoms with Crippen LogP contribution in [0.15, 0.2) is 0 Å². The van der Waals surface area contributed by atoms with Gasteiger partial charge in [-0.1, -0.05) is 41.5 Å². The van der Waals surface area contributed by atoms with Crippen molar-refractivity contribution in [1.82, 2.24) is 0 Å². The SMILES string of the molecule is CCC(CC)(CC)O[PH](=O)OC(CC)(CC)CC. The first-order valence-corrected chi connectivity index (χ1v) is 8.61. The van der Waals surface area contributed by atoms with Gasteiger partial charge >= 0.3 is 8.25 Å². The second-order valence-corrected chi connectivity index (χ2v) is 5.85. The van der Waals surface area contributed by atoms with Crippen molar-refractivity contribution < 1.29 is 13.6 Å². The molecule has 0 N–H and O–H groups in total. The van der Waals surface area contributed by atoms with Crippen LogP contribution in [-0.2, 0) is 13.6 Å². The maximum Gasteiger partial charge on any atom is 0.320 e. The number of hydrogen-bond acceptors (Lipinski definition) is 3. The van der Waals surface area contributed by atoms with Crippen molar-refractivity contribution in [2.75, 3.05) is 0 Å². The molecule has 0 atom stereocenters. The Kier molecular flexibility index (Phi) is 8.42. The third kappa shape index (κ3) is 4.68. The van der Waals surface area contributed by atoms with Crippen LogP contribution in [0.2, 0.25) is 0 Å². The summed E-state index contributed by atoms with van der Waals surface area (Å²) in [6, 6.07) is 0. The van der Waals surface area contributed by atoms with E-state index in [9.17, 15) is 4.57 Å². The Balaban J connectivity index is 4.67. The Bertz CT molecular complexity index is 205. The lowest BCUT2D eigenvalue weighted by molar-refractivity contribution is -0.000330. The van der Waals surface area contributed by atoms with Gasteiger partial charge in [-0.05, 0) is 38.5 Å². The molecule has 18 heavy (non-hydrogen) atoms. The lowest BCUT2D eigenvalue weighted by atomic mass is 9.95. The van der Waals surface area contributed by atoms with E-state index in [1.807, 2.05) is 0 Å². The minimum absolute atomic E-state index is 0.281. The molecule has 0 rings (SSSR count). The minimum atomic E-state index is -2.42. The molecular weight excluding hydrogens is 247 g/mol. The van der Waals surface area contributed by atoms with E-state index in [2.05, 4.69) is 41.5 Å². The zero-order valence-corrected chi connectivity index (χ0v) is 14.0. The number of rotatable bonds is 10. The largest absolute Gasteiger partial charge is 0.320 e. The summed E-state index contributed by atoms with van der Waals surface area (Å²) in [4.78, 5) is 0. The summed E-state index contributed by atoms with van der Waals surface area (Å²) < 4.78 is 23.7. The van der Waals surface area contributed by atoms with Crippen molar-refractivity contribution in [3.8, 4) is 0 Å². The van der Waals surface area contributed by atoms with Crippen LogP contribution >= 0.6 is 8.25 Å². The van der Waals surface area contributed by atoms with Gasteiger partial charge in [0.1, 0.15) is 0 Å². The third-order valence-corrected chi connectivity index (χ3v) is 5.67. The molecule has 0 aromatic rings. The predicted molar refractivity (Wildman–Crippen MR) is 78.4 cm³/mol. The van der Waals surface area contributed by atoms with Crippen LogP contribution in [0.5, 0.6) is 0 Å². The van der Waals surface area contributed by atoms with Crippen LogP contribution in [0, 0.1) is 0 Å². The Morgan fingerprint density at radius 1 is 0.667 bits per heavy atom. The zero-order chi connectivity index (χ0) is 14.2. The fraction of sp³-hybridized carbons (Fsp3) is 1.00. The highest BCUT2D eigenvalue weighted by molar-refractivity contribution is 7.33. The molecule has 0 aliphatic rings. The highest BCUT2D eigenvalue weighted by Gasteiger charge is 2.32. The first kappa shape index (κ1) is 18.1. The van der Waals surface area contributed by atoms with E-state index in [-0.39, 0.29) is 11.2 Å². The van der Waals surface area contributed by atoms with E-state index >= 15 is 0 Å². The van der Waals surface area contributed by atoms with E-state index < -0.39 is 8.25 Å². The first-order valence-electron chi connectivity index (χ1n) is 7.38. The van der Waals surface area contributed by atoms with Crippen molar-refractivity contribution >= 4 is 8.25 Å². The van der Waals surface area contributed by atoms with Gasteiger partial charge in [0, 0.05) is 0 Å². The van der Waals surface area contributed by atoms with Gasteiger partial charge in [0.05, 0.1) is 11.2 Å². The van der Waals surface area contributed by atoms with Gasteiger partial charge in [-0.2, -0.15) is 0 Å². The van der Waals surface area contributed by atoms with Gasteiger partial charge < -0.3 is 9.05 Å². The molecule has 0 bridgehead atoms. The van der Waals surface area contributed by atoms with E-state index in [1.54, 1.807) is 0 Å². The smallest absolute Gasteiger partial charge is 0.304 e. The second-order valence-electron chi connectivity index (χ2n) is 4.94. The summed E-state index contributed by atoms with van der Waals surface area (Å²) in [6.45, 7) is 12.5. The lowest BCUT2D eigenvalue weighted by Gasteiger charge is -2.34. The molecule has 0 amide bonds. The van der Waals surface area contributed by atoms with Crippen molar-refractivity contribution in [3.63, 3.8) is 0 Å². The van der Waals surface area contributed by atoms with E-state index in [1.165, 1.54) is 0 Å². The lowest BCUT2D eigenvalue weighted by Crippen LogP contribution is -2.31. The highest BCUT2D eigenvalue weighted by atomic mass is 31.1. The van der Waals surface area contributed by atoms with Gasteiger partial charge in [-0.15, -0.1) is 0 Å². The maximum absolute atomic E-state index is 12.2. The quantitative estimate of drug-likeness (QED) is 0.505. The predicted octanol–water partition coefficient (Wildman–Crippen LogP) is 5.35. The molecule has 0 heterocycles. The standard InChI is InChI=1S/C14H31O3P/c1-7-13(8-2,9-3)16-18(15)17-14(10-4,11-5)12-6/h18H,7-12H2,1-6H3. The molecule has 0 aliphatic carbocycles. The Morgan fingerprint density at radius 2 is 0.889 bits per heavy atom. The van der Waals surface area contributed by atoms with Crippen molar-refractivity contribution in [2.24, 2.45) is 0 Å². The van der Waals surface area contributed by atoms with E-state index in [4.69, 9.17) is 9.05 Å². The molecule has 110 valence electrons. The van der Waals surface area contributed by atoms with Gasteiger partial charge in [-0.25, -0.2) is 0 Å². The number of hydrogen-bond donors (Lipinski definition) is 0. The van der Waals surface area contributed by atoms with Crippen LogP contribution < -0.4 is 0 Å². The van der Waals surface area contributed by atoms with Crippen molar-refractivity contribution in [2.45, 2.75) is 91.3 Å². The molecule has 4 heteroatoms. The molecule has 3 nitrogen and oxygen atoms in total. The van der Waals surface area contributed by atoms with Gasteiger partial charge in [0.15, 0.2) is 0 Å². The van der Waals surface area contributed by atoms with E-state index in [0.29, 0.717) is 0 Å². The summed E-state index contributed by atoms with van der Waals surface area (Å²) in [6.07, 6.45) is 5.23. The molecular formula is C14H31O3P. The summed E-state index contributed by atoms with van der Waals surface area (Å²) in [5.41, 5.74) is -0.561. The van der Waals surface area contributed by atoms with Gasteiger partial charge in [-0.3, -0.25) is 4.57 Å². The van der Waals surface area contributed by atoms with Crippen molar-refractivity contribution in [3.05, 3.63) is 0 Å². The van der Waals surface area contributed by atoms with Crippen LogP contribution in [0.1, 0.15) is 80.1 Å². The van der Waals surface area contributed by atoms with E-state index in [0.717, 1.165) is 38.5 Å². The highest BCUT2D eigenvalue weighted by Crippen LogP contribution is 2.43.